The Morgan fingerprint density at radius 1 is 1.03 bits per heavy atom. The van der Waals surface area contributed by atoms with E-state index in [4.69, 9.17) is 0 Å². The fourth-order valence-electron chi connectivity index (χ4n) is 3.96. The molecule has 1 atom stereocenters. The number of carbonyl (C=O) groups is 1. The van der Waals surface area contributed by atoms with Crippen LogP contribution < -0.4 is 9.62 Å². The number of anilines is 2. The molecule has 0 unspecified atom stereocenters. The molecule has 0 fully saturated rings. The lowest BCUT2D eigenvalue weighted by Gasteiger charge is -2.24. The number of benzene rings is 3. The van der Waals surface area contributed by atoms with Gasteiger partial charge in [-0.2, -0.15) is 0 Å². The zero-order chi connectivity index (χ0) is 22.2. The van der Waals surface area contributed by atoms with E-state index in [1.54, 1.807) is 42.5 Å². The van der Waals surface area contributed by atoms with Crippen molar-refractivity contribution >= 4 is 27.3 Å². The summed E-state index contributed by atoms with van der Waals surface area (Å²) >= 11 is 0. The first-order valence-corrected chi connectivity index (χ1v) is 11.9. The second-order valence-electron chi connectivity index (χ2n) is 8.02. The molecule has 1 heterocycles. The van der Waals surface area contributed by atoms with Crippen molar-refractivity contribution in [1.29, 1.82) is 0 Å². The molecular weight excluding hydrogens is 408 g/mol. The molecule has 0 radical (unpaired) electrons. The molecular formula is C25H26N2O3S. The van der Waals surface area contributed by atoms with Gasteiger partial charge in [0.2, 0.25) is 0 Å². The maximum Gasteiger partial charge on any atom is 0.264 e. The van der Waals surface area contributed by atoms with Crippen molar-refractivity contribution in [3.63, 3.8) is 0 Å². The minimum Gasteiger partial charge on any atom is -0.322 e. The molecule has 4 rings (SSSR count). The molecule has 3 aromatic carbocycles. The third-order valence-electron chi connectivity index (χ3n) is 5.69. The number of carbonyl (C=O) groups excluding carboxylic acids is 1. The molecule has 0 bridgehead atoms. The topological polar surface area (TPSA) is 66.5 Å². The van der Waals surface area contributed by atoms with Gasteiger partial charge < -0.3 is 5.32 Å². The van der Waals surface area contributed by atoms with E-state index in [1.807, 2.05) is 38.1 Å². The number of hydrogen-bond donors (Lipinski definition) is 1. The summed E-state index contributed by atoms with van der Waals surface area (Å²) in [5, 5.41) is 2.91. The molecule has 0 saturated heterocycles. The average molecular weight is 435 g/mol. The lowest BCUT2D eigenvalue weighted by molar-refractivity contribution is 0.102. The molecule has 5 nitrogen and oxygen atoms in total. The number of sulfonamides is 1. The van der Waals surface area contributed by atoms with Crippen molar-refractivity contribution < 1.29 is 13.2 Å². The largest absolute Gasteiger partial charge is 0.322 e. The Labute approximate surface area is 183 Å². The summed E-state index contributed by atoms with van der Waals surface area (Å²) in [5.74, 6) is -0.209. The zero-order valence-corrected chi connectivity index (χ0v) is 18.7. The minimum atomic E-state index is -3.67. The molecule has 1 N–H and O–H groups in total. The van der Waals surface area contributed by atoms with Crippen LogP contribution in [0.25, 0.3) is 0 Å². The minimum absolute atomic E-state index is 0.209. The van der Waals surface area contributed by atoms with Crippen LogP contribution in [0.2, 0.25) is 0 Å². The second-order valence-corrected chi connectivity index (χ2v) is 9.83. The number of aryl methyl sites for hydroxylation is 2. The highest BCUT2D eigenvalue weighted by Crippen LogP contribution is 2.37. The van der Waals surface area contributed by atoms with E-state index in [2.05, 4.69) is 12.2 Å². The number of amides is 1. The molecule has 0 saturated carbocycles. The van der Waals surface area contributed by atoms with Crippen LogP contribution in [0.4, 0.5) is 11.4 Å². The van der Waals surface area contributed by atoms with Crippen molar-refractivity contribution in [2.75, 3.05) is 9.62 Å². The van der Waals surface area contributed by atoms with E-state index in [9.17, 15) is 13.2 Å². The Morgan fingerprint density at radius 3 is 2.35 bits per heavy atom. The van der Waals surface area contributed by atoms with Crippen molar-refractivity contribution in [3.8, 4) is 0 Å². The predicted octanol–water partition coefficient (Wildman–Crippen LogP) is 4.95. The molecule has 0 aromatic heterocycles. The first kappa shape index (κ1) is 21.1. The summed E-state index contributed by atoms with van der Waals surface area (Å²) in [6.45, 7) is 5.90. The molecule has 0 aliphatic carbocycles. The Balaban J connectivity index is 1.60. The van der Waals surface area contributed by atoms with Gasteiger partial charge in [-0.15, -0.1) is 0 Å². The van der Waals surface area contributed by atoms with Crippen molar-refractivity contribution in [2.24, 2.45) is 0 Å². The Kier molecular flexibility index (Phi) is 5.58. The van der Waals surface area contributed by atoms with E-state index >= 15 is 0 Å². The molecule has 0 spiro atoms. The van der Waals surface area contributed by atoms with Crippen molar-refractivity contribution in [2.45, 2.75) is 44.6 Å². The predicted molar refractivity (Wildman–Crippen MR) is 124 cm³/mol. The highest BCUT2D eigenvalue weighted by Gasteiger charge is 2.36. The normalized spacial score (nSPS) is 15.6. The number of nitrogens with zero attached hydrogens (tertiary/aromatic N) is 1. The van der Waals surface area contributed by atoms with Gasteiger partial charge in [-0.3, -0.25) is 9.10 Å². The maximum absolute atomic E-state index is 13.3. The SMILES string of the molecule is CCc1ccc(NC(=O)c2ccc3c(c2)C[C@@H](C)N3S(=O)(=O)c2ccc(C)cc2)cc1. The smallest absolute Gasteiger partial charge is 0.264 e. The molecule has 3 aromatic rings. The van der Waals surface area contributed by atoms with Gasteiger partial charge in [-0.05, 0) is 80.3 Å². The number of fused-ring (bicyclic) bond motifs is 1. The van der Waals surface area contributed by atoms with Gasteiger partial charge in [0, 0.05) is 17.3 Å². The van der Waals surface area contributed by atoms with E-state index in [1.165, 1.54) is 9.87 Å². The highest BCUT2D eigenvalue weighted by atomic mass is 32.2. The zero-order valence-electron chi connectivity index (χ0n) is 17.9. The Morgan fingerprint density at radius 2 is 1.71 bits per heavy atom. The second kappa shape index (κ2) is 8.19. The van der Waals surface area contributed by atoms with Crippen LogP contribution in [0.3, 0.4) is 0 Å². The summed E-state index contributed by atoms with van der Waals surface area (Å²) in [6.07, 6.45) is 1.51. The number of rotatable bonds is 5. The van der Waals surface area contributed by atoms with Gasteiger partial charge in [0.05, 0.1) is 10.6 Å². The summed E-state index contributed by atoms with van der Waals surface area (Å²) < 4.78 is 28.0. The molecule has 160 valence electrons. The number of nitrogens with one attached hydrogen (secondary N) is 1. The summed E-state index contributed by atoms with van der Waals surface area (Å²) in [5.41, 5.74) is 4.96. The lowest BCUT2D eigenvalue weighted by Crippen LogP contribution is -2.35. The average Bonchev–Trinajstić information content (AvgIpc) is 3.10. The van der Waals surface area contributed by atoms with Crippen LogP contribution in [0.5, 0.6) is 0 Å². The monoisotopic (exact) mass is 434 g/mol. The molecule has 1 aliphatic heterocycles. The van der Waals surface area contributed by atoms with Crippen LogP contribution in [0, 0.1) is 6.92 Å². The van der Waals surface area contributed by atoms with Crippen LogP contribution >= 0.6 is 0 Å². The third kappa shape index (κ3) is 4.08. The van der Waals surface area contributed by atoms with Crippen molar-refractivity contribution in [1.82, 2.24) is 0 Å². The lowest BCUT2D eigenvalue weighted by atomic mass is 10.1. The first-order chi connectivity index (χ1) is 14.8. The maximum atomic E-state index is 13.3. The summed E-state index contributed by atoms with van der Waals surface area (Å²) in [7, 11) is -3.67. The van der Waals surface area contributed by atoms with Gasteiger partial charge >= 0.3 is 0 Å². The fourth-order valence-corrected chi connectivity index (χ4v) is 5.65. The molecule has 1 amide bonds. The van der Waals surface area contributed by atoms with Gasteiger partial charge in [-0.25, -0.2) is 8.42 Å². The highest BCUT2D eigenvalue weighted by molar-refractivity contribution is 7.92. The van der Waals surface area contributed by atoms with Crippen LogP contribution in [-0.4, -0.2) is 20.4 Å². The Bertz CT molecular complexity index is 1220. The van der Waals surface area contributed by atoms with E-state index in [0.717, 1.165) is 23.2 Å². The third-order valence-corrected chi connectivity index (χ3v) is 7.63. The van der Waals surface area contributed by atoms with E-state index in [-0.39, 0.29) is 16.8 Å². The summed E-state index contributed by atoms with van der Waals surface area (Å²) in [6, 6.07) is 19.6. The van der Waals surface area contributed by atoms with Crippen LogP contribution in [-0.2, 0) is 22.9 Å². The van der Waals surface area contributed by atoms with Gasteiger partial charge in [0.25, 0.3) is 15.9 Å². The Hall–Kier alpha value is -3.12. The van der Waals surface area contributed by atoms with Crippen molar-refractivity contribution in [3.05, 3.63) is 89.0 Å². The molecule has 1 aliphatic rings. The van der Waals surface area contributed by atoms with Crippen LogP contribution in [0.15, 0.2) is 71.6 Å². The molecule has 6 heteroatoms. The van der Waals surface area contributed by atoms with E-state index in [0.29, 0.717) is 17.7 Å². The standard InChI is InChI=1S/C25H26N2O3S/c1-4-19-7-10-22(11-8-19)26-25(28)20-9-14-24-21(16-20)15-18(3)27(24)31(29,30)23-12-5-17(2)6-13-23/h5-14,16,18H,4,15H2,1-3H3,(H,26,28)/t18-/m1/s1. The quantitative estimate of drug-likeness (QED) is 0.618. The summed E-state index contributed by atoms with van der Waals surface area (Å²) in [4.78, 5) is 13.0. The van der Waals surface area contributed by atoms with Gasteiger partial charge in [0.1, 0.15) is 0 Å². The van der Waals surface area contributed by atoms with E-state index < -0.39 is 10.0 Å². The van der Waals surface area contributed by atoms with Crippen LogP contribution in [0.1, 0.15) is 40.9 Å². The number of hydrogen-bond acceptors (Lipinski definition) is 3. The van der Waals surface area contributed by atoms with Gasteiger partial charge in [0.15, 0.2) is 0 Å². The van der Waals surface area contributed by atoms with Gasteiger partial charge in [-0.1, -0.05) is 36.8 Å². The molecule has 31 heavy (non-hydrogen) atoms. The first-order valence-electron chi connectivity index (χ1n) is 10.4. The fraction of sp³-hybridized carbons (Fsp3) is 0.240.